The van der Waals surface area contributed by atoms with Gasteiger partial charge in [0.2, 0.25) is 0 Å². The lowest BCUT2D eigenvalue weighted by Crippen LogP contribution is -2.12. The molecule has 0 fully saturated rings. The fourth-order valence-electron chi connectivity index (χ4n) is 1.30. The van der Waals surface area contributed by atoms with Gasteiger partial charge in [-0.25, -0.2) is 13.8 Å². The highest BCUT2D eigenvalue weighted by molar-refractivity contribution is 6.32. The lowest BCUT2D eigenvalue weighted by Gasteiger charge is -2.11. The number of carbonyl (C=O) groups excluding carboxylic acids is 1. The number of pyridine rings is 1. The minimum absolute atomic E-state index is 0.0292. The van der Waals surface area contributed by atoms with Gasteiger partial charge in [-0.15, -0.1) is 0 Å². The first kappa shape index (κ1) is 13.6. The summed E-state index contributed by atoms with van der Waals surface area (Å²) in [5.41, 5.74) is 4.98. The summed E-state index contributed by atoms with van der Waals surface area (Å²) in [7, 11) is 0. The number of anilines is 1. The average Bonchev–Trinajstić information content (AvgIpc) is 2.25. The predicted molar refractivity (Wildman–Crippen MR) is 59.0 cm³/mol. The molecule has 0 unspecified atom stereocenters. The Kier molecular flexibility index (Phi) is 4.62. The van der Waals surface area contributed by atoms with Gasteiger partial charge in [0.15, 0.2) is 5.15 Å². The number of nitrogens with zero attached hydrogens (tertiary/aromatic N) is 1. The van der Waals surface area contributed by atoms with Crippen LogP contribution in [0.15, 0.2) is 6.20 Å². The number of hydrogen-bond donors (Lipinski definition) is 1. The summed E-state index contributed by atoms with van der Waals surface area (Å²) in [5.74, 6) is -0.636. The van der Waals surface area contributed by atoms with Crippen molar-refractivity contribution in [3.05, 3.63) is 22.5 Å². The number of esters is 1. The van der Waals surface area contributed by atoms with Crippen LogP contribution in [0.3, 0.4) is 0 Å². The molecule has 1 aromatic heterocycles. The van der Waals surface area contributed by atoms with E-state index in [4.69, 9.17) is 17.3 Å². The summed E-state index contributed by atoms with van der Waals surface area (Å²) < 4.78 is 30.0. The molecule has 17 heavy (non-hydrogen) atoms. The van der Waals surface area contributed by atoms with E-state index in [1.807, 2.05) is 0 Å². The van der Waals surface area contributed by atoms with Gasteiger partial charge in [-0.2, -0.15) is 0 Å². The molecule has 0 saturated carbocycles. The van der Waals surface area contributed by atoms with E-state index < -0.39 is 18.0 Å². The highest BCUT2D eigenvalue weighted by Crippen LogP contribution is 2.30. The summed E-state index contributed by atoms with van der Waals surface area (Å²) in [6, 6.07) is 0. The molecule has 4 nitrogen and oxygen atoms in total. The van der Waals surface area contributed by atoms with E-state index in [0.717, 1.165) is 6.20 Å². The Labute approximate surface area is 102 Å². The van der Waals surface area contributed by atoms with E-state index in [9.17, 15) is 13.6 Å². The molecule has 7 heteroatoms. The highest BCUT2D eigenvalue weighted by atomic mass is 35.5. The molecule has 0 aliphatic heterocycles. The Hall–Kier alpha value is -1.43. The van der Waals surface area contributed by atoms with E-state index in [-0.39, 0.29) is 29.4 Å². The maximum Gasteiger partial charge on any atom is 0.310 e. The van der Waals surface area contributed by atoms with Crippen LogP contribution in [-0.4, -0.2) is 17.6 Å². The second-order valence-electron chi connectivity index (χ2n) is 3.18. The Balaban J connectivity index is 3.10. The van der Waals surface area contributed by atoms with Crippen LogP contribution in [-0.2, 0) is 16.0 Å². The third-order valence-corrected chi connectivity index (χ3v) is 2.38. The fourth-order valence-corrected chi connectivity index (χ4v) is 1.46. The van der Waals surface area contributed by atoms with Gasteiger partial charge in [-0.05, 0) is 12.5 Å². The highest BCUT2D eigenvalue weighted by Gasteiger charge is 2.20. The van der Waals surface area contributed by atoms with Crippen LogP contribution < -0.4 is 5.73 Å². The number of rotatable bonds is 4. The summed E-state index contributed by atoms with van der Waals surface area (Å²) in [4.78, 5) is 14.8. The molecule has 0 aliphatic carbocycles. The topological polar surface area (TPSA) is 65.2 Å². The van der Waals surface area contributed by atoms with Gasteiger partial charge in [0.05, 0.1) is 18.7 Å². The molecule has 2 N–H and O–H groups in total. The molecule has 0 radical (unpaired) electrons. The van der Waals surface area contributed by atoms with Crippen molar-refractivity contribution in [2.24, 2.45) is 0 Å². The summed E-state index contributed by atoms with van der Waals surface area (Å²) >= 11 is 5.62. The zero-order valence-electron chi connectivity index (χ0n) is 9.04. The van der Waals surface area contributed by atoms with Crippen LogP contribution in [0, 0.1) is 0 Å². The summed E-state index contributed by atoms with van der Waals surface area (Å²) in [6.07, 6.45) is -2.20. The third-order valence-electron chi connectivity index (χ3n) is 2.07. The van der Waals surface area contributed by atoms with Gasteiger partial charge >= 0.3 is 5.97 Å². The molecule has 1 rings (SSSR count). The maximum atomic E-state index is 12.7. The minimum atomic E-state index is -2.77. The summed E-state index contributed by atoms with van der Waals surface area (Å²) in [6.45, 7) is 1.79. The first-order valence-electron chi connectivity index (χ1n) is 4.83. The number of nitrogens with two attached hydrogens (primary N) is 1. The molecule has 0 aliphatic rings. The zero-order valence-corrected chi connectivity index (χ0v) is 9.80. The monoisotopic (exact) mass is 264 g/mol. The number of aromatic nitrogens is 1. The van der Waals surface area contributed by atoms with Crippen LogP contribution in [0.1, 0.15) is 24.5 Å². The van der Waals surface area contributed by atoms with Crippen molar-refractivity contribution in [2.75, 3.05) is 12.3 Å². The van der Waals surface area contributed by atoms with E-state index >= 15 is 0 Å². The normalized spacial score (nSPS) is 10.6. The lowest BCUT2D eigenvalue weighted by molar-refractivity contribution is -0.142. The standard InChI is InChI=1S/C10H11ClF2N2O2/c1-2-17-7(16)3-5-6(10(12)13)4-15-9(11)8(5)14/h4,10H,2-3,14H2,1H3. The first-order chi connectivity index (χ1) is 7.97. The number of nitrogen functional groups attached to an aromatic ring is 1. The van der Waals surface area contributed by atoms with E-state index in [1.165, 1.54) is 0 Å². The van der Waals surface area contributed by atoms with Crippen molar-refractivity contribution in [1.29, 1.82) is 0 Å². The Morgan fingerprint density at radius 1 is 1.65 bits per heavy atom. The van der Waals surface area contributed by atoms with Crippen molar-refractivity contribution >= 4 is 23.3 Å². The van der Waals surface area contributed by atoms with E-state index in [0.29, 0.717) is 0 Å². The van der Waals surface area contributed by atoms with Crippen molar-refractivity contribution in [2.45, 2.75) is 19.8 Å². The summed E-state index contributed by atoms with van der Waals surface area (Å²) in [5, 5.41) is -0.103. The Morgan fingerprint density at radius 2 is 2.29 bits per heavy atom. The maximum absolute atomic E-state index is 12.7. The quantitative estimate of drug-likeness (QED) is 0.670. The Bertz CT molecular complexity index is 427. The SMILES string of the molecule is CCOC(=O)Cc1c(C(F)F)cnc(Cl)c1N. The molecule has 0 bridgehead atoms. The number of hydrogen-bond acceptors (Lipinski definition) is 4. The lowest BCUT2D eigenvalue weighted by atomic mass is 10.1. The number of halogens is 3. The van der Waals surface area contributed by atoms with Crippen LogP contribution in [0.2, 0.25) is 5.15 Å². The molecular formula is C10H11ClF2N2O2. The van der Waals surface area contributed by atoms with Crippen LogP contribution in [0.5, 0.6) is 0 Å². The first-order valence-corrected chi connectivity index (χ1v) is 5.21. The second kappa shape index (κ2) is 5.77. The Morgan fingerprint density at radius 3 is 2.82 bits per heavy atom. The molecule has 94 valence electrons. The third kappa shape index (κ3) is 3.26. The van der Waals surface area contributed by atoms with Gasteiger partial charge < -0.3 is 10.5 Å². The number of carbonyl (C=O) groups is 1. The van der Waals surface area contributed by atoms with Crippen molar-refractivity contribution in [3.8, 4) is 0 Å². The van der Waals surface area contributed by atoms with E-state index in [1.54, 1.807) is 6.92 Å². The molecule has 0 spiro atoms. The van der Waals surface area contributed by atoms with Crippen LogP contribution in [0.4, 0.5) is 14.5 Å². The minimum Gasteiger partial charge on any atom is -0.466 e. The molecule has 0 amide bonds. The van der Waals surface area contributed by atoms with Crippen LogP contribution in [0.25, 0.3) is 0 Å². The largest absolute Gasteiger partial charge is 0.466 e. The fraction of sp³-hybridized carbons (Fsp3) is 0.400. The molecule has 1 heterocycles. The number of alkyl halides is 2. The van der Waals surface area contributed by atoms with E-state index in [2.05, 4.69) is 9.72 Å². The second-order valence-corrected chi connectivity index (χ2v) is 3.54. The van der Waals surface area contributed by atoms with Crippen LogP contribution >= 0.6 is 11.6 Å². The van der Waals surface area contributed by atoms with Crippen molar-refractivity contribution in [3.63, 3.8) is 0 Å². The molecule has 1 aromatic rings. The average molecular weight is 265 g/mol. The van der Waals surface area contributed by atoms with Gasteiger partial charge in [0.25, 0.3) is 6.43 Å². The zero-order chi connectivity index (χ0) is 13.0. The molecule has 0 atom stereocenters. The van der Waals surface area contributed by atoms with Gasteiger partial charge in [0, 0.05) is 11.8 Å². The van der Waals surface area contributed by atoms with Gasteiger partial charge in [0.1, 0.15) is 0 Å². The number of ether oxygens (including phenoxy) is 1. The smallest absolute Gasteiger partial charge is 0.310 e. The van der Waals surface area contributed by atoms with Gasteiger partial charge in [-0.3, -0.25) is 4.79 Å². The molecular weight excluding hydrogens is 254 g/mol. The van der Waals surface area contributed by atoms with Crippen molar-refractivity contribution in [1.82, 2.24) is 4.98 Å². The predicted octanol–water partition coefficient (Wildman–Crippen LogP) is 2.36. The van der Waals surface area contributed by atoms with Gasteiger partial charge in [-0.1, -0.05) is 11.6 Å². The molecule has 0 saturated heterocycles. The van der Waals surface area contributed by atoms with Crippen molar-refractivity contribution < 1.29 is 18.3 Å². The molecule has 0 aromatic carbocycles.